The van der Waals surface area contributed by atoms with E-state index >= 15 is 0 Å². The summed E-state index contributed by atoms with van der Waals surface area (Å²) in [5, 5.41) is 0. The second-order valence-corrected chi connectivity index (χ2v) is 7.98. The van der Waals surface area contributed by atoms with Crippen molar-refractivity contribution in [1.82, 2.24) is 0 Å². The van der Waals surface area contributed by atoms with Crippen LogP contribution in [0.2, 0.25) is 0 Å². The summed E-state index contributed by atoms with van der Waals surface area (Å²) in [4.78, 5) is 12.4. The predicted molar refractivity (Wildman–Crippen MR) is 88.3 cm³/mol. The summed E-state index contributed by atoms with van der Waals surface area (Å²) in [6.45, 7) is 0. The van der Waals surface area contributed by atoms with Gasteiger partial charge in [0.05, 0.1) is 5.92 Å². The molecule has 0 bridgehead atoms. The zero-order valence-electron chi connectivity index (χ0n) is 14.0. The molecule has 0 radical (unpaired) electrons. The highest BCUT2D eigenvalue weighted by molar-refractivity contribution is 5.72. The van der Waals surface area contributed by atoms with E-state index in [4.69, 9.17) is 10.5 Å². The van der Waals surface area contributed by atoms with Gasteiger partial charge < -0.3 is 10.5 Å². The van der Waals surface area contributed by atoms with Gasteiger partial charge in [-0.05, 0) is 88.9 Å². The summed E-state index contributed by atoms with van der Waals surface area (Å²) in [5.41, 5.74) is 6.02. The van der Waals surface area contributed by atoms with Crippen molar-refractivity contribution in [2.75, 3.05) is 0 Å². The molecule has 3 heteroatoms. The lowest BCUT2D eigenvalue weighted by atomic mass is 9.70. The van der Waals surface area contributed by atoms with Crippen LogP contribution < -0.4 is 5.73 Å². The summed E-state index contributed by atoms with van der Waals surface area (Å²) in [6.07, 6.45) is 15.7. The Hall–Kier alpha value is -0.570. The first-order valence-electron chi connectivity index (χ1n) is 9.68. The van der Waals surface area contributed by atoms with Gasteiger partial charge in [-0.3, -0.25) is 4.79 Å². The molecule has 0 amide bonds. The molecule has 0 aliphatic heterocycles. The van der Waals surface area contributed by atoms with Gasteiger partial charge in [0.15, 0.2) is 0 Å². The van der Waals surface area contributed by atoms with Crippen LogP contribution >= 0.6 is 0 Å². The molecule has 126 valence electrons. The number of carbonyl (C=O) groups excluding carboxylic acids is 1. The van der Waals surface area contributed by atoms with E-state index in [0.717, 1.165) is 37.5 Å². The van der Waals surface area contributed by atoms with Crippen molar-refractivity contribution in [3.63, 3.8) is 0 Å². The number of carbonyl (C=O) groups is 1. The van der Waals surface area contributed by atoms with Crippen LogP contribution in [0.4, 0.5) is 0 Å². The quantitative estimate of drug-likeness (QED) is 0.796. The molecule has 3 rings (SSSR count). The van der Waals surface area contributed by atoms with Crippen LogP contribution in [-0.4, -0.2) is 18.1 Å². The van der Waals surface area contributed by atoms with Gasteiger partial charge >= 0.3 is 5.97 Å². The number of hydrogen-bond donors (Lipinski definition) is 1. The zero-order chi connectivity index (χ0) is 15.4. The van der Waals surface area contributed by atoms with Crippen LogP contribution in [0.25, 0.3) is 0 Å². The van der Waals surface area contributed by atoms with Crippen molar-refractivity contribution in [2.45, 2.75) is 95.6 Å². The Morgan fingerprint density at radius 1 is 0.727 bits per heavy atom. The van der Waals surface area contributed by atoms with Crippen LogP contribution in [0, 0.1) is 17.8 Å². The molecule has 3 fully saturated rings. The number of hydrogen-bond acceptors (Lipinski definition) is 3. The molecule has 3 saturated carbocycles. The van der Waals surface area contributed by atoms with E-state index in [-0.39, 0.29) is 18.0 Å². The minimum atomic E-state index is 0.107. The highest BCUT2D eigenvalue weighted by Crippen LogP contribution is 2.40. The largest absolute Gasteiger partial charge is 0.462 e. The van der Waals surface area contributed by atoms with Gasteiger partial charge in [-0.15, -0.1) is 0 Å². The molecule has 3 aliphatic carbocycles. The molecule has 3 aliphatic rings. The first-order chi connectivity index (χ1) is 10.7. The van der Waals surface area contributed by atoms with E-state index in [2.05, 4.69) is 0 Å². The summed E-state index contributed by atoms with van der Waals surface area (Å²) >= 11 is 0. The summed E-state index contributed by atoms with van der Waals surface area (Å²) in [6, 6.07) is 0.443. The Morgan fingerprint density at radius 3 is 1.86 bits per heavy atom. The van der Waals surface area contributed by atoms with E-state index in [9.17, 15) is 4.79 Å². The number of rotatable bonds is 3. The smallest absolute Gasteiger partial charge is 0.309 e. The molecule has 0 spiro atoms. The summed E-state index contributed by atoms with van der Waals surface area (Å²) < 4.78 is 5.77. The molecular formula is C19H33NO2. The normalized spacial score (nSPS) is 37.7. The zero-order valence-corrected chi connectivity index (χ0v) is 14.0. The van der Waals surface area contributed by atoms with Gasteiger partial charge in [0, 0.05) is 6.04 Å². The lowest BCUT2D eigenvalue weighted by molar-refractivity contribution is -0.157. The van der Waals surface area contributed by atoms with Crippen molar-refractivity contribution in [1.29, 1.82) is 0 Å². The van der Waals surface area contributed by atoms with Crippen molar-refractivity contribution in [3.05, 3.63) is 0 Å². The predicted octanol–water partition coefficient (Wildman–Crippen LogP) is 4.19. The van der Waals surface area contributed by atoms with E-state index in [1.807, 2.05) is 0 Å². The van der Waals surface area contributed by atoms with E-state index in [0.29, 0.717) is 6.04 Å². The average molecular weight is 307 g/mol. The van der Waals surface area contributed by atoms with Gasteiger partial charge in [0.1, 0.15) is 6.10 Å². The van der Waals surface area contributed by atoms with Gasteiger partial charge in [-0.25, -0.2) is 0 Å². The minimum absolute atomic E-state index is 0.107. The number of ether oxygens (including phenoxy) is 1. The molecule has 0 aromatic carbocycles. The molecule has 22 heavy (non-hydrogen) atoms. The first kappa shape index (κ1) is 16.3. The maximum atomic E-state index is 12.4. The highest BCUT2D eigenvalue weighted by Gasteiger charge is 2.33. The molecule has 0 heterocycles. The van der Waals surface area contributed by atoms with Gasteiger partial charge in [-0.2, -0.15) is 0 Å². The van der Waals surface area contributed by atoms with E-state index in [1.54, 1.807) is 0 Å². The first-order valence-corrected chi connectivity index (χ1v) is 9.68. The number of nitrogens with two attached hydrogens (primary N) is 1. The van der Waals surface area contributed by atoms with Gasteiger partial charge in [-0.1, -0.05) is 6.42 Å². The fraction of sp³-hybridized carbons (Fsp3) is 0.947. The maximum Gasteiger partial charge on any atom is 0.309 e. The Balaban J connectivity index is 1.40. The lowest BCUT2D eigenvalue weighted by Crippen LogP contribution is -2.33. The molecular weight excluding hydrogens is 274 g/mol. The van der Waals surface area contributed by atoms with Crippen molar-refractivity contribution >= 4 is 5.97 Å². The SMILES string of the molecule is NC1CCC(C2CCC(C(=O)OC3CCCCC3)CC2)CC1. The lowest BCUT2D eigenvalue weighted by Gasteiger charge is -2.37. The molecule has 2 N–H and O–H groups in total. The molecule has 0 atom stereocenters. The standard InChI is InChI=1S/C19H33NO2/c20-17-12-10-15(11-13-17)14-6-8-16(9-7-14)19(21)22-18-4-2-1-3-5-18/h14-18H,1-13,20H2. The second kappa shape index (κ2) is 7.81. The maximum absolute atomic E-state index is 12.4. The molecule has 0 aromatic rings. The van der Waals surface area contributed by atoms with Crippen LogP contribution in [0.15, 0.2) is 0 Å². The number of esters is 1. The third kappa shape index (κ3) is 4.24. The van der Waals surface area contributed by atoms with Crippen molar-refractivity contribution in [3.8, 4) is 0 Å². The monoisotopic (exact) mass is 307 g/mol. The van der Waals surface area contributed by atoms with Gasteiger partial charge in [0.2, 0.25) is 0 Å². The molecule has 0 saturated heterocycles. The fourth-order valence-corrected chi connectivity index (χ4v) is 4.89. The van der Waals surface area contributed by atoms with Gasteiger partial charge in [0.25, 0.3) is 0 Å². The van der Waals surface area contributed by atoms with E-state index < -0.39 is 0 Å². The topological polar surface area (TPSA) is 52.3 Å². The van der Waals surface area contributed by atoms with Crippen LogP contribution in [0.1, 0.15) is 83.5 Å². The second-order valence-electron chi connectivity index (χ2n) is 7.98. The minimum Gasteiger partial charge on any atom is -0.462 e. The van der Waals surface area contributed by atoms with Crippen molar-refractivity contribution in [2.24, 2.45) is 23.5 Å². The van der Waals surface area contributed by atoms with E-state index in [1.165, 1.54) is 57.8 Å². The van der Waals surface area contributed by atoms with Crippen LogP contribution in [0.5, 0.6) is 0 Å². The summed E-state index contributed by atoms with van der Waals surface area (Å²) in [5.74, 6) is 2.00. The third-order valence-electron chi connectivity index (χ3n) is 6.42. The summed E-state index contributed by atoms with van der Waals surface area (Å²) in [7, 11) is 0. The van der Waals surface area contributed by atoms with Crippen molar-refractivity contribution < 1.29 is 9.53 Å². The Bertz CT molecular complexity index is 348. The molecule has 3 nitrogen and oxygen atoms in total. The van der Waals surface area contributed by atoms with Crippen LogP contribution in [0.3, 0.4) is 0 Å². The third-order valence-corrected chi connectivity index (χ3v) is 6.42. The highest BCUT2D eigenvalue weighted by atomic mass is 16.5. The molecule has 0 aromatic heterocycles. The Morgan fingerprint density at radius 2 is 1.27 bits per heavy atom. The fourth-order valence-electron chi connectivity index (χ4n) is 4.89. The average Bonchev–Trinajstić information content (AvgIpc) is 2.57. The Kier molecular flexibility index (Phi) is 5.78. The Labute approximate surface area is 135 Å². The van der Waals surface area contributed by atoms with Crippen LogP contribution in [-0.2, 0) is 9.53 Å². The molecule has 0 unspecified atom stereocenters.